The molecule has 2 aliphatic rings. The van der Waals surface area contributed by atoms with Crippen molar-refractivity contribution in [2.24, 2.45) is 0 Å². The lowest BCUT2D eigenvalue weighted by molar-refractivity contribution is -0.131. The Labute approximate surface area is 379 Å². The SMILES string of the molecule is CN(C)C(=O)COc1ccc2c(c1)C[C@@H](NC[C@H](O)c1ccc(O)c(CO)c1)CC2.CN(C)C(=O)COc1ccc2c(c1)C[C@@H](NC[C@H](O)c1ccc(O)c(CO)c1)CC2.O=S(=O)(O)O. The summed E-state index contributed by atoms with van der Waals surface area (Å²) in [5.74, 6) is 1.25. The van der Waals surface area contributed by atoms with Gasteiger partial charge in [0, 0.05) is 64.5 Å². The Kier molecular flexibility index (Phi) is 19.9. The summed E-state index contributed by atoms with van der Waals surface area (Å²) >= 11 is 0. The number of hydrogen-bond acceptors (Lipinski definition) is 14. The predicted octanol–water partition coefficient (Wildman–Crippen LogP) is 2.41. The van der Waals surface area contributed by atoms with Crippen LogP contribution in [0.25, 0.3) is 0 Å². The first kappa shape index (κ1) is 52.3. The number of aromatic hydroxyl groups is 2. The zero-order valence-electron chi connectivity index (χ0n) is 37.1. The minimum Gasteiger partial charge on any atom is -0.508 e. The molecule has 0 spiro atoms. The van der Waals surface area contributed by atoms with Crippen LogP contribution >= 0.6 is 0 Å². The zero-order valence-corrected chi connectivity index (χ0v) is 37.9. The minimum atomic E-state index is -4.67. The molecule has 0 bridgehead atoms. The molecule has 0 aromatic heterocycles. The Bertz CT molecular complexity index is 2160. The number of phenols is 2. The average molecular weight is 927 g/mol. The van der Waals surface area contributed by atoms with Gasteiger partial charge in [0.15, 0.2) is 13.2 Å². The molecule has 10 N–H and O–H groups in total. The van der Waals surface area contributed by atoms with Gasteiger partial charge in [0.2, 0.25) is 0 Å². The number of amides is 2. The molecule has 0 saturated carbocycles. The van der Waals surface area contributed by atoms with Gasteiger partial charge in [0.05, 0.1) is 25.4 Å². The first-order chi connectivity index (χ1) is 30.7. The molecule has 19 heteroatoms. The van der Waals surface area contributed by atoms with Crippen molar-refractivity contribution in [3.63, 3.8) is 0 Å². The van der Waals surface area contributed by atoms with Crippen LogP contribution in [0.15, 0.2) is 72.8 Å². The monoisotopic (exact) mass is 926 g/mol. The molecule has 18 nitrogen and oxygen atoms in total. The lowest BCUT2D eigenvalue weighted by atomic mass is 9.88. The molecular weight excluding hydrogens is 865 g/mol. The molecule has 4 atom stereocenters. The zero-order chi connectivity index (χ0) is 47.8. The standard InChI is InChI=1S/2C23H30N2O5.H2O4S/c2*1-25(2)23(29)14-30-20-7-4-15-3-6-19(10-17(15)11-20)24-12-22(28)16-5-8-21(27)18(9-16)13-26;1-5(2,3)4/h2*4-5,7-9,11,19,22,24,26-28H,3,6,10,12-14H2,1-2H3;(H2,1,2,3,4)/t2*19-,22-;/m00./s1. The number of aryl methyl sites for hydroxylation is 2. The highest BCUT2D eigenvalue weighted by molar-refractivity contribution is 7.79. The normalized spacial score (nSPS) is 16.2. The second-order valence-electron chi connectivity index (χ2n) is 16.3. The largest absolute Gasteiger partial charge is 0.508 e. The van der Waals surface area contributed by atoms with E-state index in [-0.39, 0.29) is 61.8 Å². The molecule has 0 radical (unpaired) electrons. The van der Waals surface area contributed by atoms with Crippen LogP contribution in [0.3, 0.4) is 0 Å². The molecule has 2 amide bonds. The Hall–Kier alpha value is -5.35. The average Bonchev–Trinajstić information content (AvgIpc) is 3.27. The summed E-state index contributed by atoms with van der Waals surface area (Å²) in [6, 6.07) is 21.9. The molecule has 0 heterocycles. The van der Waals surface area contributed by atoms with E-state index in [9.17, 15) is 40.2 Å². The second kappa shape index (κ2) is 24.8. The molecule has 6 rings (SSSR count). The number of fused-ring (bicyclic) bond motifs is 2. The number of carbonyl (C=O) groups excluding carboxylic acids is 2. The maximum atomic E-state index is 11.7. The Balaban J connectivity index is 0.000000258. The summed E-state index contributed by atoms with van der Waals surface area (Å²) in [6.07, 6.45) is 3.99. The van der Waals surface area contributed by atoms with E-state index in [1.165, 1.54) is 44.2 Å². The smallest absolute Gasteiger partial charge is 0.394 e. The number of carbonyl (C=O) groups is 2. The molecular formula is C46H62N4O14S. The Morgan fingerprint density at radius 2 is 1.00 bits per heavy atom. The van der Waals surface area contributed by atoms with Crippen molar-refractivity contribution < 1.29 is 67.2 Å². The van der Waals surface area contributed by atoms with Crippen LogP contribution in [0.4, 0.5) is 0 Å². The van der Waals surface area contributed by atoms with Gasteiger partial charge >= 0.3 is 10.4 Å². The molecule has 65 heavy (non-hydrogen) atoms. The van der Waals surface area contributed by atoms with Crippen LogP contribution < -0.4 is 20.1 Å². The number of benzene rings is 4. The minimum absolute atomic E-state index is 0.0160. The third-order valence-electron chi connectivity index (χ3n) is 11.1. The summed E-state index contributed by atoms with van der Waals surface area (Å²) in [5, 5.41) is 65.7. The van der Waals surface area contributed by atoms with Gasteiger partial charge < -0.3 is 60.5 Å². The molecule has 4 aromatic carbocycles. The highest BCUT2D eigenvalue weighted by Crippen LogP contribution is 2.29. The predicted molar refractivity (Wildman–Crippen MR) is 241 cm³/mol. The molecule has 0 fully saturated rings. The van der Waals surface area contributed by atoms with Crippen molar-refractivity contribution in [2.75, 3.05) is 54.5 Å². The summed E-state index contributed by atoms with van der Waals surface area (Å²) in [4.78, 5) is 26.4. The third-order valence-corrected chi connectivity index (χ3v) is 11.1. The molecule has 0 saturated heterocycles. The van der Waals surface area contributed by atoms with Crippen LogP contribution in [0.1, 0.15) is 69.6 Å². The number of aliphatic hydroxyl groups is 4. The highest BCUT2D eigenvalue weighted by atomic mass is 32.3. The van der Waals surface area contributed by atoms with Crippen LogP contribution in [0, 0.1) is 0 Å². The summed E-state index contributed by atoms with van der Waals surface area (Å²) in [6.45, 7) is 0.240. The molecule has 356 valence electrons. The summed E-state index contributed by atoms with van der Waals surface area (Å²) in [5.41, 5.74) is 7.06. The molecule has 4 aromatic rings. The van der Waals surface area contributed by atoms with E-state index >= 15 is 0 Å². The quantitative estimate of drug-likeness (QED) is 0.0723. The maximum Gasteiger partial charge on any atom is 0.394 e. The fraction of sp³-hybridized carbons (Fsp3) is 0.435. The lowest BCUT2D eigenvalue weighted by Gasteiger charge is -2.27. The number of nitrogens with one attached hydrogen (secondary N) is 2. The van der Waals surface area contributed by atoms with Crippen LogP contribution in [-0.2, 0) is 58.9 Å². The number of rotatable bonds is 16. The van der Waals surface area contributed by atoms with Gasteiger partial charge in [-0.25, -0.2) is 0 Å². The van der Waals surface area contributed by atoms with E-state index in [4.69, 9.17) is 27.0 Å². The molecule has 0 aliphatic heterocycles. The lowest BCUT2D eigenvalue weighted by Crippen LogP contribution is -2.37. The maximum absolute atomic E-state index is 11.7. The van der Waals surface area contributed by atoms with Gasteiger partial charge in [-0.2, -0.15) is 8.42 Å². The van der Waals surface area contributed by atoms with E-state index in [0.717, 1.165) is 38.5 Å². The van der Waals surface area contributed by atoms with Crippen molar-refractivity contribution in [1.29, 1.82) is 0 Å². The number of likely N-dealkylation sites (N-methyl/N-ethyl adjacent to an activating group) is 2. The van der Waals surface area contributed by atoms with E-state index in [0.29, 0.717) is 46.8 Å². The Morgan fingerprint density at radius 1 is 0.631 bits per heavy atom. The molecule has 0 unspecified atom stereocenters. The van der Waals surface area contributed by atoms with E-state index < -0.39 is 22.6 Å². The first-order valence-electron chi connectivity index (χ1n) is 21.0. The third kappa shape index (κ3) is 17.2. The van der Waals surface area contributed by atoms with Crippen molar-refractivity contribution in [3.05, 3.63) is 117 Å². The van der Waals surface area contributed by atoms with Crippen LogP contribution in [0.5, 0.6) is 23.0 Å². The fourth-order valence-corrected chi connectivity index (χ4v) is 7.21. The number of aliphatic hydroxyl groups excluding tert-OH is 4. The van der Waals surface area contributed by atoms with Gasteiger partial charge in [-0.15, -0.1) is 0 Å². The van der Waals surface area contributed by atoms with Crippen LogP contribution in [-0.4, -0.2) is 136 Å². The van der Waals surface area contributed by atoms with Gasteiger partial charge in [-0.3, -0.25) is 18.7 Å². The van der Waals surface area contributed by atoms with Gasteiger partial charge in [0.1, 0.15) is 23.0 Å². The van der Waals surface area contributed by atoms with E-state index in [1.54, 1.807) is 52.5 Å². The van der Waals surface area contributed by atoms with Crippen molar-refractivity contribution in [2.45, 2.75) is 76.0 Å². The Morgan fingerprint density at radius 3 is 1.34 bits per heavy atom. The van der Waals surface area contributed by atoms with Crippen molar-refractivity contribution >= 4 is 22.2 Å². The number of nitrogens with zero attached hydrogens (tertiary/aromatic N) is 2. The van der Waals surface area contributed by atoms with Gasteiger partial charge in [-0.05, 0) is 120 Å². The van der Waals surface area contributed by atoms with E-state index in [2.05, 4.69) is 22.8 Å². The van der Waals surface area contributed by atoms with E-state index in [1.807, 2.05) is 24.3 Å². The highest BCUT2D eigenvalue weighted by Gasteiger charge is 2.23. The molecule has 2 aliphatic carbocycles. The van der Waals surface area contributed by atoms with Gasteiger partial charge in [-0.1, -0.05) is 24.3 Å². The first-order valence-corrected chi connectivity index (χ1v) is 22.4. The van der Waals surface area contributed by atoms with Gasteiger partial charge in [0.25, 0.3) is 11.8 Å². The number of hydrogen-bond donors (Lipinski definition) is 10. The number of ether oxygens (including phenoxy) is 2. The summed E-state index contributed by atoms with van der Waals surface area (Å²) < 4.78 is 42.8. The fourth-order valence-electron chi connectivity index (χ4n) is 7.21. The second-order valence-corrected chi connectivity index (χ2v) is 17.2. The summed E-state index contributed by atoms with van der Waals surface area (Å²) in [7, 11) is 2.13. The topological polar surface area (TPSA) is 279 Å². The van der Waals surface area contributed by atoms with Crippen molar-refractivity contribution in [1.82, 2.24) is 20.4 Å². The van der Waals surface area contributed by atoms with Crippen LogP contribution in [0.2, 0.25) is 0 Å². The van der Waals surface area contributed by atoms with Crippen molar-refractivity contribution in [3.8, 4) is 23.0 Å².